The summed E-state index contributed by atoms with van der Waals surface area (Å²) in [4.78, 5) is 20.2. The van der Waals surface area contributed by atoms with Crippen LogP contribution in [0.1, 0.15) is 70.8 Å². The number of hydrogen-bond acceptors (Lipinski definition) is 5. The van der Waals surface area contributed by atoms with E-state index >= 15 is 0 Å². The highest BCUT2D eigenvalue weighted by Gasteiger charge is 2.51. The average molecular weight is 419 g/mol. The molecule has 1 aromatic heterocycles. The number of nitrogens with zero attached hydrogens (tertiary/aromatic N) is 2. The van der Waals surface area contributed by atoms with Gasteiger partial charge in [0.2, 0.25) is 0 Å². The molecular weight excluding hydrogens is 376 g/mol. The Bertz CT molecular complexity index is 639. The maximum absolute atomic E-state index is 13.5. The molecule has 2 aliphatic rings. The molecule has 0 bridgehead atoms. The predicted octanol–water partition coefficient (Wildman–Crippen LogP) is 4.86. The van der Waals surface area contributed by atoms with Crippen molar-refractivity contribution >= 4 is 5.78 Å². The summed E-state index contributed by atoms with van der Waals surface area (Å²) >= 11 is 0. The molecule has 30 heavy (non-hydrogen) atoms. The third-order valence-electron chi connectivity index (χ3n) is 6.29. The lowest BCUT2D eigenvalue weighted by Crippen LogP contribution is -2.52. The van der Waals surface area contributed by atoms with Crippen LogP contribution >= 0.6 is 0 Å². The first-order valence-corrected chi connectivity index (χ1v) is 11.6. The van der Waals surface area contributed by atoms with E-state index in [-0.39, 0.29) is 16.8 Å². The van der Waals surface area contributed by atoms with E-state index in [0.29, 0.717) is 24.1 Å². The molecule has 1 atom stereocenters. The zero-order valence-corrected chi connectivity index (χ0v) is 19.9. The van der Waals surface area contributed by atoms with Gasteiger partial charge in [-0.2, -0.15) is 0 Å². The Morgan fingerprint density at radius 2 is 2.00 bits per heavy atom. The van der Waals surface area contributed by atoms with E-state index in [1.807, 2.05) is 25.1 Å². The van der Waals surface area contributed by atoms with Gasteiger partial charge in [0, 0.05) is 31.4 Å². The Kier molecular flexibility index (Phi) is 9.45. The van der Waals surface area contributed by atoms with Gasteiger partial charge < -0.3 is 14.4 Å². The minimum atomic E-state index is -0.322. The van der Waals surface area contributed by atoms with Gasteiger partial charge in [0.25, 0.3) is 0 Å². The number of pyridine rings is 1. The summed E-state index contributed by atoms with van der Waals surface area (Å²) in [6, 6.07) is 5.64. The van der Waals surface area contributed by atoms with Crippen LogP contribution in [0.3, 0.4) is 0 Å². The van der Waals surface area contributed by atoms with Crippen molar-refractivity contribution in [2.75, 3.05) is 40.0 Å². The molecule has 0 N–H and O–H groups in total. The van der Waals surface area contributed by atoms with E-state index in [0.717, 1.165) is 52.0 Å². The first kappa shape index (κ1) is 25.0. The molecule has 0 saturated carbocycles. The molecule has 2 aliphatic heterocycles. The van der Waals surface area contributed by atoms with Crippen molar-refractivity contribution < 1.29 is 14.3 Å². The summed E-state index contributed by atoms with van der Waals surface area (Å²) in [6.45, 7) is 15.1. The maximum atomic E-state index is 13.5. The number of likely N-dealkylation sites (tertiary alicyclic amines) is 1. The smallest absolute Gasteiger partial charge is 0.187 e. The number of rotatable bonds is 6. The predicted molar refractivity (Wildman–Crippen MR) is 122 cm³/mol. The average Bonchev–Trinajstić information content (AvgIpc) is 2.72. The van der Waals surface area contributed by atoms with Crippen LogP contribution in [0, 0.1) is 17.3 Å². The molecule has 0 radical (unpaired) electrons. The fourth-order valence-electron chi connectivity index (χ4n) is 4.80. The van der Waals surface area contributed by atoms with Gasteiger partial charge in [0.1, 0.15) is 5.69 Å². The van der Waals surface area contributed by atoms with Crippen LogP contribution in [0.2, 0.25) is 0 Å². The van der Waals surface area contributed by atoms with Gasteiger partial charge >= 0.3 is 0 Å². The minimum absolute atomic E-state index is 0.226. The highest BCUT2D eigenvalue weighted by molar-refractivity contribution is 5.99. The van der Waals surface area contributed by atoms with Crippen LogP contribution in [0.4, 0.5) is 0 Å². The number of piperidine rings is 1. The standard InChI is InChI=1S/C19H28N2O2.C6H14O/c1-18(2)14-19(9-13-23-18,15-7-11-21(3)12-8-15)17(22)16-6-4-5-10-20-16;1-4-7-5-6(2)3/h4-6,10,15H,7-9,11-14H2,1-3H3;6H,4-5H2,1-3H3. The van der Waals surface area contributed by atoms with Crippen molar-refractivity contribution in [3.8, 4) is 0 Å². The molecule has 2 saturated heterocycles. The fourth-order valence-corrected chi connectivity index (χ4v) is 4.80. The quantitative estimate of drug-likeness (QED) is 0.618. The Balaban J connectivity index is 0.000000396. The second-order valence-electron chi connectivity index (χ2n) is 9.87. The molecule has 5 nitrogen and oxygen atoms in total. The van der Waals surface area contributed by atoms with Gasteiger partial charge in [-0.15, -0.1) is 0 Å². The van der Waals surface area contributed by atoms with Gasteiger partial charge in [0.05, 0.1) is 5.60 Å². The molecule has 3 heterocycles. The summed E-state index contributed by atoms with van der Waals surface area (Å²) in [5.74, 6) is 1.33. The number of carbonyl (C=O) groups excluding carboxylic acids is 1. The van der Waals surface area contributed by atoms with Crippen molar-refractivity contribution in [1.29, 1.82) is 0 Å². The summed E-state index contributed by atoms with van der Waals surface area (Å²) in [5.41, 5.74) is 0.0489. The molecule has 0 aliphatic carbocycles. The largest absolute Gasteiger partial charge is 0.381 e. The monoisotopic (exact) mass is 418 g/mol. The molecule has 1 unspecified atom stereocenters. The van der Waals surface area contributed by atoms with E-state index in [1.165, 1.54) is 0 Å². The molecule has 0 spiro atoms. The van der Waals surface area contributed by atoms with Gasteiger partial charge in [-0.25, -0.2) is 0 Å². The van der Waals surface area contributed by atoms with Gasteiger partial charge in [0.15, 0.2) is 5.78 Å². The third-order valence-corrected chi connectivity index (χ3v) is 6.29. The van der Waals surface area contributed by atoms with Gasteiger partial charge in [-0.1, -0.05) is 19.9 Å². The van der Waals surface area contributed by atoms with Crippen molar-refractivity contribution in [1.82, 2.24) is 9.88 Å². The molecule has 2 fully saturated rings. The van der Waals surface area contributed by atoms with E-state index in [2.05, 4.69) is 44.6 Å². The Labute approximate surface area is 183 Å². The second-order valence-corrected chi connectivity index (χ2v) is 9.87. The molecular formula is C25H42N2O3. The molecule has 1 aromatic rings. The van der Waals surface area contributed by atoms with Crippen molar-refractivity contribution in [2.45, 2.75) is 65.9 Å². The summed E-state index contributed by atoms with van der Waals surface area (Å²) in [6.07, 6.45) is 5.51. The highest BCUT2D eigenvalue weighted by atomic mass is 16.5. The first-order chi connectivity index (χ1) is 14.2. The SMILES string of the molecule is CCOCC(C)C.CN1CCC(C2(C(=O)c3ccccn3)CCOC(C)(C)C2)CC1. The number of ketones is 1. The Morgan fingerprint density at radius 3 is 2.50 bits per heavy atom. The van der Waals surface area contributed by atoms with Crippen LogP contribution < -0.4 is 0 Å². The minimum Gasteiger partial charge on any atom is -0.381 e. The van der Waals surface area contributed by atoms with Crippen molar-refractivity contribution in [3.05, 3.63) is 30.1 Å². The van der Waals surface area contributed by atoms with Gasteiger partial charge in [-0.05, 0) is 90.6 Å². The van der Waals surface area contributed by atoms with E-state index in [9.17, 15) is 4.79 Å². The third kappa shape index (κ3) is 6.86. The van der Waals surface area contributed by atoms with Crippen molar-refractivity contribution in [3.63, 3.8) is 0 Å². The number of carbonyl (C=O) groups is 1. The van der Waals surface area contributed by atoms with Crippen LogP contribution in [0.25, 0.3) is 0 Å². The molecule has 3 rings (SSSR count). The number of hydrogen-bond donors (Lipinski definition) is 0. The lowest BCUT2D eigenvalue weighted by atomic mass is 9.60. The normalized spacial score (nSPS) is 24.9. The van der Waals surface area contributed by atoms with E-state index in [1.54, 1.807) is 6.20 Å². The summed E-state index contributed by atoms with van der Waals surface area (Å²) in [5, 5.41) is 0. The molecule has 0 amide bonds. The summed E-state index contributed by atoms with van der Waals surface area (Å²) < 4.78 is 11.0. The Hall–Kier alpha value is -1.30. The molecule has 5 heteroatoms. The number of aromatic nitrogens is 1. The highest BCUT2D eigenvalue weighted by Crippen LogP contribution is 2.49. The lowest BCUT2D eigenvalue weighted by Gasteiger charge is -2.49. The maximum Gasteiger partial charge on any atom is 0.187 e. The fraction of sp³-hybridized carbons (Fsp3) is 0.760. The summed E-state index contributed by atoms with van der Waals surface area (Å²) in [7, 11) is 2.16. The lowest BCUT2D eigenvalue weighted by molar-refractivity contribution is -0.113. The molecule has 170 valence electrons. The molecule has 0 aromatic carbocycles. The zero-order chi connectivity index (χ0) is 22.2. The van der Waals surface area contributed by atoms with Crippen LogP contribution in [-0.2, 0) is 9.47 Å². The Morgan fingerprint density at radius 1 is 1.30 bits per heavy atom. The zero-order valence-electron chi connectivity index (χ0n) is 19.9. The number of Topliss-reactive ketones (excluding diaryl/α,β-unsaturated/α-hetero) is 1. The number of ether oxygens (including phenoxy) is 2. The first-order valence-electron chi connectivity index (χ1n) is 11.6. The van der Waals surface area contributed by atoms with Crippen LogP contribution in [0.15, 0.2) is 24.4 Å². The van der Waals surface area contributed by atoms with E-state index in [4.69, 9.17) is 9.47 Å². The van der Waals surface area contributed by atoms with Crippen molar-refractivity contribution in [2.24, 2.45) is 17.3 Å². The van der Waals surface area contributed by atoms with E-state index < -0.39 is 0 Å². The van der Waals surface area contributed by atoms with Gasteiger partial charge in [-0.3, -0.25) is 9.78 Å². The second kappa shape index (κ2) is 11.4. The topological polar surface area (TPSA) is 51.7 Å². The van der Waals surface area contributed by atoms with Crippen LogP contribution in [-0.4, -0.2) is 61.2 Å². The van der Waals surface area contributed by atoms with Crippen LogP contribution in [0.5, 0.6) is 0 Å².